The Balaban J connectivity index is 1.71. The lowest BCUT2D eigenvalue weighted by molar-refractivity contribution is -0.332. The van der Waals surface area contributed by atoms with E-state index in [0.29, 0.717) is 12.8 Å². The molecule has 15 heteroatoms. The fraction of sp³-hybridized carbons (Fsp3) is 0.934. The highest BCUT2D eigenvalue weighted by Crippen LogP contribution is 2.27. The van der Waals surface area contributed by atoms with Crippen molar-refractivity contribution in [2.45, 2.75) is 338 Å². The van der Waals surface area contributed by atoms with Gasteiger partial charge in [-0.25, -0.2) is 0 Å². The van der Waals surface area contributed by atoms with Gasteiger partial charge in [0.15, 0.2) is 18.7 Å². The average molecular weight is 1090 g/mol. The molecule has 448 valence electrons. The van der Waals surface area contributed by atoms with E-state index in [1.54, 1.807) is 0 Å². The van der Waals surface area contributed by atoms with E-state index in [2.05, 4.69) is 26.0 Å². The van der Waals surface area contributed by atoms with Gasteiger partial charge in [0.1, 0.15) is 55.4 Å². The zero-order valence-corrected chi connectivity index (χ0v) is 48.0. The summed E-state index contributed by atoms with van der Waals surface area (Å²) in [5.41, 5.74) is 0. The largest absolute Gasteiger partial charge is 0.462 e. The van der Waals surface area contributed by atoms with Crippen molar-refractivity contribution in [1.29, 1.82) is 0 Å². The Bertz CT molecular complexity index is 1370. The van der Waals surface area contributed by atoms with Crippen LogP contribution in [0.3, 0.4) is 0 Å². The molecule has 2 aliphatic rings. The Hall–Kier alpha value is -1.76. The van der Waals surface area contributed by atoms with E-state index in [-0.39, 0.29) is 26.1 Å². The molecule has 0 saturated carbocycles. The summed E-state index contributed by atoms with van der Waals surface area (Å²) in [5, 5.41) is 72.4. The van der Waals surface area contributed by atoms with Crippen LogP contribution in [0, 0.1) is 0 Å². The van der Waals surface area contributed by atoms with Crippen molar-refractivity contribution >= 4 is 11.9 Å². The second-order valence-corrected chi connectivity index (χ2v) is 22.2. The van der Waals surface area contributed by atoms with Crippen LogP contribution < -0.4 is 0 Å². The first kappa shape index (κ1) is 70.3. The number of aliphatic hydroxyl groups is 7. The summed E-state index contributed by atoms with van der Waals surface area (Å²) >= 11 is 0. The lowest BCUT2D eigenvalue weighted by Gasteiger charge is -2.42. The lowest BCUT2D eigenvalue weighted by atomic mass is 9.98. The van der Waals surface area contributed by atoms with Crippen molar-refractivity contribution in [2.24, 2.45) is 0 Å². The van der Waals surface area contributed by atoms with Crippen molar-refractivity contribution < 1.29 is 73.8 Å². The topological polar surface area (TPSA) is 231 Å². The maximum absolute atomic E-state index is 13.1. The number of hydrogen-bond acceptors (Lipinski definition) is 15. The quantitative estimate of drug-likeness (QED) is 0.0171. The first-order valence-electron chi connectivity index (χ1n) is 31.3. The molecule has 0 amide bonds. The zero-order valence-electron chi connectivity index (χ0n) is 48.0. The number of allylic oxidation sites excluding steroid dienone is 2. The van der Waals surface area contributed by atoms with Crippen LogP contribution in [0.1, 0.15) is 271 Å². The molecular formula is C61H114O15. The van der Waals surface area contributed by atoms with Crippen LogP contribution in [0.15, 0.2) is 12.2 Å². The Morgan fingerprint density at radius 3 is 1.16 bits per heavy atom. The number of carbonyl (C=O) groups is 2. The van der Waals surface area contributed by atoms with Gasteiger partial charge in [-0.1, -0.05) is 231 Å². The molecule has 2 aliphatic heterocycles. The minimum absolute atomic E-state index is 0.168. The monoisotopic (exact) mass is 1090 g/mol. The van der Waals surface area contributed by atoms with Crippen LogP contribution in [-0.2, 0) is 38.0 Å². The number of hydrogen-bond donors (Lipinski definition) is 7. The van der Waals surface area contributed by atoms with Gasteiger partial charge in [-0.15, -0.1) is 0 Å². The molecule has 0 radical (unpaired) electrons. The normalized spacial score (nSPS) is 24.3. The van der Waals surface area contributed by atoms with Crippen LogP contribution in [0.5, 0.6) is 0 Å². The molecule has 15 nitrogen and oxygen atoms in total. The average Bonchev–Trinajstić information content (AvgIpc) is 3.41. The fourth-order valence-corrected chi connectivity index (χ4v) is 10.2. The number of esters is 2. The molecule has 2 heterocycles. The van der Waals surface area contributed by atoms with Crippen molar-refractivity contribution in [2.75, 3.05) is 26.4 Å². The molecule has 0 aliphatic carbocycles. The molecule has 76 heavy (non-hydrogen) atoms. The van der Waals surface area contributed by atoms with Gasteiger partial charge in [0.25, 0.3) is 0 Å². The Morgan fingerprint density at radius 2 is 0.750 bits per heavy atom. The third-order valence-electron chi connectivity index (χ3n) is 15.2. The summed E-state index contributed by atoms with van der Waals surface area (Å²) in [5.74, 6) is -0.909. The minimum Gasteiger partial charge on any atom is -0.462 e. The summed E-state index contributed by atoms with van der Waals surface area (Å²) in [6.45, 7) is 2.65. The van der Waals surface area contributed by atoms with E-state index in [9.17, 15) is 45.3 Å². The van der Waals surface area contributed by atoms with Crippen LogP contribution in [0.2, 0.25) is 0 Å². The molecule has 7 N–H and O–H groups in total. The molecule has 0 bridgehead atoms. The molecule has 11 atom stereocenters. The number of rotatable bonds is 51. The minimum atomic E-state index is -1.76. The van der Waals surface area contributed by atoms with Gasteiger partial charge in [-0.3, -0.25) is 9.59 Å². The van der Waals surface area contributed by atoms with Crippen molar-refractivity contribution in [3.63, 3.8) is 0 Å². The molecule has 0 aromatic carbocycles. The standard InChI is InChI=1S/C61H114O15/c1-3-5-7-9-11-13-15-17-19-21-23-24-26-27-29-31-33-35-37-39-41-43-52(63)71-46-49(74-53(64)44-42-40-38-36-34-32-30-28-25-22-20-18-16-14-12-10-8-6-4-2)47-72-60-59(70)57(68)55(66)51(76-60)48-73-61-58(69)56(67)54(65)50(45-62)75-61/h18,20,49-51,54-62,65-70H,3-17,19,21-48H2,1-2H3/b20-18-. The van der Waals surface area contributed by atoms with Crippen LogP contribution in [0.4, 0.5) is 0 Å². The van der Waals surface area contributed by atoms with Gasteiger partial charge in [0, 0.05) is 12.8 Å². The molecule has 2 rings (SSSR count). The van der Waals surface area contributed by atoms with Gasteiger partial charge in [-0.2, -0.15) is 0 Å². The van der Waals surface area contributed by atoms with Crippen molar-refractivity contribution in [3.05, 3.63) is 12.2 Å². The number of unbranched alkanes of at least 4 members (excludes halogenated alkanes) is 35. The van der Waals surface area contributed by atoms with E-state index < -0.39 is 92.7 Å². The van der Waals surface area contributed by atoms with Crippen LogP contribution in [0.25, 0.3) is 0 Å². The Labute approximate surface area is 460 Å². The van der Waals surface area contributed by atoms with Crippen LogP contribution >= 0.6 is 0 Å². The Morgan fingerprint density at radius 1 is 0.408 bits per heavy atom. The van der Waals surface area contributed by atoms with Gasteiger partial charge in [-0.05, 0) is 38.5 Å². The molecule has 0 aromatic rings. The summed E-state index contributed by atoms with van der Waals surface area (Å²) in [4.78, 5) is 26.0. The third-order valence-corrected chi connectivity index (χ3v) is 15.2. The van der Waals surface area contributed by atoms with E-state index >= 15 is 0 Å². The van der Waals surface area contributed by atoms with E-state index in [4.69, 9.17) is 28.4 Å². The van der Waals surface area contributed by atoms with Gasteiger partial charge in [0.05, 0.1) is 19.8 Å². The van der Waals surface area contributed by atoms with Crippen LogP contribution in [-0.4, -0.2) is 142 Å². The highest BCUT2D eigenvalue weighted by atomic mass is 16.7. The molecular weight excluding hydrogens is 973 g/mol. The maximum atomic E-state index is 13.1. The summed E-state index contributed by atoms with van der Waals surface area (Å²) in [6, 6.07) is 0. The lowest BCUT2D eigenvalue weighted by Crippen LogP contribution is -2.61. The number of aliphatic hydroxyl groups excluding tert-OH is 7. The number of carbonyl (C=O) groups excluding carboxylic acids is 2. The van der Waals surface area contributed by atoms with Gasteiger partial charge in [0.2, 0.25) is 0 Å². The predicted octanol–water partition coefficient (Wildman–Crippen LogP) is 11.3. The highest BCUT2D eigenvalue weighted by Gasteiger charge is 2.47. The number of ether oxygens (including phenoxy) is 6. The summed E-state index contributed by atoms with van der Waals surface area (Å²) < 4.78 is 33.8. The van der Waals surface area contributed by atoms with E-state index in [1.807, 2.05) is 0 Å². The molecule has 0 spiro atoms. The summed E-state index contributed by atoms with van der Waals surface area (Å²) in [7, 11) is 0. The first-order valence-corrected chi connectivity index (χ1v) is 31.3. The molecule has 2 saturated heterocycles. The SMILES string of the molecule is CCCCCCCC/C=C\CCCCCCCCCCCC(=O)OC(COC(=O)CCCCCCCCCCCCCCCCCCCCCCC)COC1OC(COC2OC(CO)C(O)C(O)C2O)C(O)C(O)C1O. The van der Waals surface area contributed by atoms with E-state index in [1.165, 1.54) is 186 Å². The Kier molecular flexibility index (Phi) is 44.4. The van der Waals surface area contributed by atoms with Crippen molar-refractivity contribution in [3.8, 4) is 0 Å². The van der Waals surface area contributed by atoms with Gasteiger partial charge >= 0.3 is 11.9 Å². The fourth-order valence-electron chi connectivity index (χ4n) is 10.2. The molecule has 2 fully saturated rings. The predicted molar refractivity (Wildman–Crippen MR) is 298 cm³/mol. The third kappa shape index (κ3) is 34.4. The highest BCUT2D eigenvalue weighted by molar-refractivity contribution is 5.70. The molecule has 0 aromatic heterocycles. The molecule has 11 unspecified atom stereocenters. The van der Waals surface area contributed by atoms with Crippen molar-refractivity contribution in [1.82, 2.24) is 0 Å². The maximum Gasteiger partial charge on any atom is 0.306 e. The smallest absolute Gasteiger partial charge is 0.306 e. The second kappa shape index (κ2) is 48.0. The van der Waals surface area contributed by atoms with E-state index in [0.717, 1.165) is 44.9 Å². The first-order chi connectivity index (χ1) is 37.0. The summed E-state index contributed by atoms with van der Waals surface area (Å²) in [6.07, 6.45) is 35.2. The van der Waals surface area contributed by atoms with Gasteiger partial charge < -0.3 is 64.2 Å². The zero-order chi connectivity index (χ0) is 55.3. The second-order valence-electron chi connectivity index (χ2n) is 22.2.